The van der Waals surface area contributed by atoms with E-state index in [0.29, 0.717) is 13.2 Å². The van der Waals surface area contributed by atoms with Crippen molar-refractivity contribution in [3.05, 3.63) is 0 Å². The first-order valence-electron chi connectivity index (χ1n) is 6.25. The summed E-state index contributed by atoms with van der Waals surface area (Å²) >= 11 is 0. The van der Waals surface area contributed by atoms with Crippen molar-refractivity contribution in [2.45, 2.75) is 58.0 Å². The Morgan fingerprint density at radius 1 is 1.19 bits per heavy atom. The predicted octanol–water partition coefficient (Wildman–Crippen LogP) is 1.32. The number of ether oxygens (including phenoxy) is 3. The van der Waals surface area contributed by atoms with Crippen LogP contribution in [0.4, 0.5) is 0 Å². The first kappa shape index (κ1) is 13.9. The molecule has 4 nitrogen and oxygen atoms in total. The molecule has 16 heavy (non-hydrogen) atoms. The molecule has 0 bridgehead atoms. The summed E-state index contributed by atoms with van der Waals surface area (Å²) in [6, 6.07) is 0.141. The summed E-state index contributed by atoms with van der Waals surface area (Å²) < 4.78 is 16.7. The van der Waals surface area contributed by atoms with E-state index < -0.39 is 0 Å². The molecule has 3 atom stereocenters. The molecule has 0 radical (unpaired) electrons. The average molecular weight is 231 g/mol. The van der Waals surface area contributed by atoms with Gasteiger partial charge in [-0.3, -0.25) is 0 Å². The minimum atomic E-state index is 0.0824. The Hall–Kier alpha value is -0.160. The lowest BCUT2D eigenvalue weighted by molar-refractivity contribution is -0.147. The Labute approximate surface area is 98.4 Å². The van der Waals surface area contributed by atoms with Crippen LogP contribution in [0.15, 0.2) is 0 Å². The molecule has 0 aliphatic heterocycles. The van der Waals surface area contributed by atoms with Crippen LogP contribution < -0.4 is 5.73 Å². The van der Waals surface area contributed by atoms with Gasteiger partial charge in [-0.2, -0.15) is 0 Å². The molecule has 96 valence electrons. The topological polar surface area (TPSA) is 53.7 Å². The highest BCUT2D eigenvalue weighted by Crippen LogP contribution is 2.25. The second-order valence-electron chi connectivity index (χ2n) is 4.56. The van der Waals surface area contributed by atoms with Crippen LogP contribution in [0.25, 0.3) is 0 Å². The third-order valence-electron chi connectivity index (χ3n) is 2.67. The molecule has 1 fully saturated rings. The van der Waals surface area contributed by atoms with Crippen molar-refractivity contribution >= 4 is 0 Å². The highest BCUT2D eigenvalue weighted by Gasteiger charge is 2.40. The van der Waals surface area contributed by atoms with Gasteiger partial charge in [0.05, 0.1) is 31.5 Å². The molecule has 1 aliphatic rings. The average Bonchev–Trinajstić information content (AvgIpc) is 2.22. The monoisotopic (exact) mass is 231 g/mol. The number of hydrogen-bond acceptors (Lipinski definition) is 4. The smallest absolute Gasteiger partial charge is 0.0988 e. The van der Waals surface area contributed by atoms with Crippen LogP contribution >= 0.6 is 0 Å². The van der Waals surface area contributed by atoms with E-state index in [-0.39, 0.29) is 24.4 Å². The van der Waals surface area contributed by atoms with Crippen LogP contribution in [0.3, 0.4) is 0 Å². The van der Waals surface area contributed by atoms with Gasteiger partial charge in [0.1, 0.15) is 0 Å². The van der Waals surface area contributed by atoms with E-state index in [2.05, 4.69) is 6.92 Å². The van der Waals surface area contributed by atoms with Gasteiger partial charge >= 0.3 is 0 Å². The molecule has 2 N–H and O–H groups in total. The fraction of sp³-hybridized carbons (Fsp3) is 1.00. The van der Waals surface area contributed by atoms with Gasteiger partial charge in [-0.15, -0.1) is 0 Å². The second-order valence-corrected chi connectivity index (χ2v) is 4.56. The van der Waals surface area contributed by atoms with Crippen LogP contribution in [0.1, 0.15) is 33.6 Å². The van der Waals surface area contributed by atoms with E-state index in [4.69, 9.17) is 19.9 Å². The lowest BCUT2D eigenvalue weighted by Crippen LogP contribution is -2.58. The van der Waals surface area contributed by atoms with E-state index in [1.54, 1.807) is 0 Å². The summed E-state index contributed by atoms with van der Waals surface area (Å²) in [4.78, 5) is 0. The predicted molar refractivity (Wildman–Crippen MR) is 63.5 cm³/mol. The first-order chi connectivity index (χ1) is 7.65. The second kappa shape index (κ2) is 7.22. The van der Waals surface area contributed by atoms with Crippen LogP contribution in [0, 0.1) is 0 Å². The molecular formula is C12H25NO3. The largest absolute Gasteiger partial charge is 0.376 e. The summed E-state index contributed by atoms with van der Waals surface area (Å²) in [5, 5.41) is 0. The molecule has 0 saturated heterocycles. The van der Waals surface area contributed by atoms with Crippen LogP contribution in [-0.2, 0) is 14.2 Å². The molecular weight excluding hydrogens is 206 g/mol. The molecule has 4 heteroatoms. The van der Waals surface area contributed by atoms with Crippen LogP contribution in [0.5, 0.6) is 0 Å². The van der Waals surface area contributed by atoms with Crippen molar-refractivity contribution < 1.29 is 14.2 Å². The number of rotatable bonds is 8. The maximum Gasteiger partial charge on any atom is 0.0988 e. The van der Waals surface area contributed by atoms with Crippen molar-refractivity contribution in [3.8, 4) is 0 Å². The van der Waals surface area contributed by atoms with Crippen molar-refractivity contribution in [1.82, 2.24) is 0 Å². The summed E-state index contributed by atoms with van der Waals surface area (Å²) in [5.41, 5.74) is 5.87. The summed E-state index contributed by atoms with van der Waals surface area (Å²) in [7, 11) is 0. The van der Waals surface area contributed by atoms with Gasteiger partial charge in [0.25, 0.3) is 0 Å². The van der Waals surface area contributed by atoms with Crippen molar-refractivity contribution in [1.29, 1.82) is 0 Å². The Kier molecular flexibility index (Phi) is 6.28. The maximum atomic E-state index is 5.87. The zero-order valence-corrected chi connectivity index (χ0v) is 10.6. The van der Waals surface area contributed by atoms with Gasteiger partial charge < -0.3 is 19.9 Å². The third kappa shape index (κ3) is 4.37. The van der Waals surface area contributed by atoms with Crippen LogP contribution in [-0.4, -0.2) is 44.2 Å². The third-order valence-corrected chi connectivity index (χ3v) is 2.67. The Balaban J connectivity index is 2.08. The molecule has 0 aromatic carbocycles. The van der Waals surface area contributed by atoms with E-state index in [1.165, 1.54) is 0 Å². The van der Waals surface area contributed by atoms with E-state index in [9.17, 15) is 0 Å². The standard InChI is InChI=1S/C12H25NO3/c1-4-5-16-12-10(13)8-11(12)15-7-6-14-9(2)3/h9-12H,4-8,13H2,1-3H3. The van der Waals surface area contributed by atoms with E-state index >= 15 is 0 Å². The lowest BCUT2D eigenvalue weighted by Gasteiger charge is -2.41. The minimum Gasteiger partial charge on any atom is -0.376 e. The highest BCUT2D eigenvalue weighted by atomic mass is 16.6. The van der Waals surface area contributed by atoms with Gasteiger partial charge in [0.15, 0.2) is 0 Å². The molecule has 3 unspecified atom stereocenters. The molecule has 0 amide bonds. The molecule has 0 spiro atoms. The van der Waals surface area contributed by atoms with Crippen molar-refractivity contribution in [2.24, 2.45) is 5.73 Å². The first-order valence-corrected chi connectivity index (χ1v) is 6.25. The van der Waals surface area contributed by atoms with E-state index in [0.717, 1.165) is 19.4 Å². The fourth-order valence-corrected chi connectivity index (χ4v) is 1.75. The molecule has 0 aromatic rings. The van der Waals surface area contributed by atoms with Gasteiger partial charge in [-0.25, -0.2) is 0 Å². The van der Waals surface area contributed by atoms with Crippen molar-refractivity contribution in [3.63, 3.8) is 0 Å². The summed E-state index contributed by atoms with van der Waals surface area (Å²) in [5.74, 6) is 0. The molecule has 1 aliphatic carbocycles. The normalized spacial score (nSPS) is 29.4. The maximum absolute atomic E-state index is 5.87. The minimum absolute atomic E-state index is 0.0824. The molecule has 0 heterocycles. The van der Waals surface area contributed by atoms with Gasteiger partial charge in [-0.1, -0.05) is 6.92 Å². The van der Waals surface area contributed by atoms with Crippen molar-refractivity contribution in [2.75, 3.05) is 19.8 Å². The van der Waals surface area contributed by atoms with E-state index in [1.807, 2.05) is 13.8 Å². The fourth-order valence-electron chi connectivity index (χ4n) is 1.75. The number of hydrogen-bond donors (Lipinski definition) is 1. The highest BCUT2D eigenvalue weighted by molar-refractivity contribution is 4.95. The quantitative estimate of drug-likeness (QED) is 0.640. The SMILES string of the molecule is CCCOC1C(N)CC1OCCOC(C)C. The Morgan fingerprint density at radius 3 is 2.50 bits per heavy atom. The van der Waals surface area contributed by atoms with Crippen LogP contribution in [0.2, 0.25) is 0 Å². The number of nitrogens with two attached hydrogens (primary N) is 1. The Bertz CT molecular complexity index is 187. The summed E-state index contributed by atoms with van der Waals surface area (Å²) in [6.45, 7) is 8.17. The molecule has 0 aromatic heterocycles. The zero-order chi connectivity index (χ0) is 12.0. The molecule has 1 saturated carbocycles. The zero-order valence-electron chi connectivity index (χ0n) is 10.6. The lowest BCUT2D eigenvalue weighted by atomic mass is 9.86. The Morgan fingerprint density at radius 2 is 1.94 bits per heavy atom. The van der Waals surface area contributed by atoms with Gasteiger partial charge in [0.2, 0.25) is 0 Å². The molecule has 1 rings (SSSR count). The summed E-state index contributed by atoms with van der Waals surface area (Å²) in [6.07, 6.45) is 2.43. The van der Waals surface area contributed by atoms with Gasteiger partial charge in [0, 0.05) is 12.6 Å². The van der Waals surface area contributed by atoms with Gasteiger partial charge in [-0.05, 0) is 26.7 Å².